The van der Waals surface area contributed by atoms with E-state index in [1.165, 1.54) is 0 Å². The molecule has 0 aliphatic rings. The number of hydrogen-bond donors (Lipinski definition) is 0. The summed E-state index contributed by atoms with van der Waals surface area (Å²) in [5.41, 5.74) is 1.05. The maximum absolute atomic E-state index is 8.79. The molecule has 0 aliphatic carbocycles. The van der Waals surface area contributed by atoms with Crippen molar-refractivity contribution in [3.63, 3.8) is 0 Å². The van der Waals surface area contributed by atoms with Gasteiger partial charge >= 0.3 is 0 Å². The molecule has 6 heteroatoms. The molecule has 5 nitrogen and oxygen atoms in total. The molecule has 0 amide bonds. The zero-order valence-corrected chi connectivity index (χ0v) is 11.9. The van der Waals surface area contributed by atoms with Crippen LogP contribution in [0.5, 0.6) is 0 Å². The van der Waals surface area contributed by atoms with Gasteiger partial charge in [-0.1, -0.05) is 17.7 Å². The minimum atomic E-state index is 0.403. The quantitative estimate of drug-likeness (QED) is 0.791. The van der Waals surface area contributed by atoms with Crippen LogP contribution in [-0.2, 0) is 6.54 Å². The van der Waals surface area contributed by atoms with Crippen LogP contribution < -0.4 is 4.90 Å². The van der Waals surface area contributed by atoms with Crippen molar-refractivity contribution in [2.45, 2.75) is 19.9 Å². The molecule has 0 bridgehead atoms. The average molecular weight is 288 g/mol. The Kier molecular flexibility index (Phi) is 4.85. The zero-order valence-electron chi connectivity index (χ0n) is 11.1. The number of halogens is 1. The van der Waals surface area contributed by atoms with Gasteiger partial charge in [-0.25, -0.2) is 9.97 Å². The van der Waals surface area contributed by atoms with Gasteiger partial charge in [-0.05, 0) is 18.6 Å². The zero-order chi connectivity index (χ0) is 14.4. The second-order valence-corrected chi connectivity index (χ2v) is 4.67. The van der Waals surface area contributed by atoms with Crippen LogP contribution in [0.1, 0.15) is 17.8 Å². The number of pyridine rings is 1. The van der Waals surface area contributed by atoms with Gasteiger partial charge < -0.3 is 4.90 Å². The van der Waals surface area contributed by atoms with Crippen molar-refractivity contribution in [3.05, 3.63) is 47.1 Å². The molecule has 2 aromatic rings. The van der Waals surface area contributed by atoms with Crippen LogP contribution in [-0.4, -0.2) is 21.5 Å². The molecule has 0 atom stereocenters. The number of nitrogens with zero attached hydrogens (tertiary/aromatic N) is 5. The molecule has 0 radical (unpaired) electrons. The summed E-state index contributed by atoms with van der Waals surface area (Å²) in [5, 5.41) is 9.19. The van der Waals surface area contributed by atoms with Gasteiger partial charge in [0.1, 0.15) is 16.8 Å². The van der Waals surface area contributed by atoms with Gasteiger partial charge in [0, 0.05) is 31.5 Å². The maximum atomic E-state index is 8.79. The normalized spacial score (nSPS) is 10.1. The fourth-order valence-electron chi connectivity index (χ4n) is 1.85. The molecular weight excluding hydrogens is 274 g/mol. The molecule has 0 unspecified atom stereocenters. The van der Waals surface area contributed by atoms with Gasteiger partial charge in [0.25, 0.3) is 0 Å². The van der Waals surface area contributed by atoms with Crippen LogP contribution in [0.25, 0.3) is 0 Å². The highest BCUT2D eigenvalue weighted by Gasteiger charge is 2.11. The standard InChI is InChI=1S/C14H14ClN5/c1-11-18-13(15)8-14(19-11)20(7-3-5-16)10-12-4-2-6-17-9-12/h2,4,6,8-9H,3,7,10H2,1H3. The predicted molar refractivity (Wildman–Crippen MR) is 77.3 cm³/mol. The Balaban J connectivity index is 2.25. The Labute approximate surface area is 122 Å². The molecule has 2 aromatic heterocycles. The summed E-state index contributed by atoms with van der Waals surface area (Å²) in [7, 11) is 0. The van der Waals surface area contributed by atoms with Crippen LogP contribution in [0, 0.1) is 18.3 Å². The van der Waals surface area contributed by atoms with E-state index < -0.39 is 0 Å². The lowest BCUT2D eigenvalue weighted by molar-refractivity contribution is 0.773. The Hall–Kier alpha value is -2.19. The number of anilines is 1. The van der Waals surface area contributed by atoms with Crippen LogP contribution in [0.2, 0.25) is 5.15 Å². The summed E-state index contributed by atoms with van der Waals surface area (Å²) < 4.78 is 0. The Morgan fingerprint density at radius 1 is 1.40 bits per heavy atom. The molecule has 2 heterocycles. The minimum absolute atomic E-state index is 0.403. The molecule has 0 N–H and O–H groups in total. The highest BCUT2D eigenvalue weighted by molar-refractivity contribution is 6.29. The third kappa shape index (κ3) is 3.90. The first-order valence-electron chi connectivity index (χ1n) is 6.21. The van der Waals surface area contributed by atoms with Gasteiger partial charge in [-0.2, -0.15) is 5.26 Å². The van der Waals surface area contributed by atoms with Crippen molar-refractivity contribution in [3.8, 4) is 6.07 Å². The van der Waals surface area contributed by atoms with Gasteiger partial charge in [0.05, 0.1) is 12.5 Å². The van der Waals surface area contributed by atoms with Gasteiger partial charge in [-0.3, -0.25) is 4.98 Å². The van der Waals surface area contributed by atoms with E-state index in [4.69, 9.17) is 16.9 Å². The summed E-state index contributed by atoms with van der Waals surface area (Å²) in [6.45, 7) is 3.00. The molecule has 0 saturated heterocycles. The largest absolute Gasteiger partial charge is 0.351 e. The first-order chi connectivity index (χ1) is 9.69. The highest BCUT2D eigenvalue weighted by atomic mass is 35.5. The summed E-state index contributed by atoms with van der Waals surface area (Å²) >= 11 is 5.98. The summed E-state index contributed by atoms with van der Waals surface area (Å²) in [6, 6.07) is 7.73. The topological polar surface area (TPSA) is 65.7 Å². The molecule has 0 spiro atoms. The number of nitriles is 1. The SMILES string of the molecule is Cc1nc(Cl)cc(N(CCC#N)Cc2cccnc2)n1. The third-order valence-corrected chi connectivity index (χ3v) is 2.90. The molecule has 0 saturated carbocycles. The van der Waals surface area contributed by atoms with Crippen molar-refractivity contribution in [2.75, 3.05) is 11.4 Å². The molecule has 2 rings (SSSR count). The van der Waals surface area contributed by atoms with E-state index in [0.29, 0.717) is 30.5 Å². The second-order valence-electron chi connectivity index (χ2n) is 4.29. The van der Waals surface area contributed by atoms with E-state index in [1.807, 2.05) is 17.0 Å². The Bertz CT molecular complexity index is 588. The van der Waals surface area contributed by atoms with Gasteiger partial charge in [-0.15, -0.1) is 0 Å². The second kappa shape index (κ2) is 6.83. The fourth-order valence-corrected chi connectivity index (χ4v) is 2.07. The van der Waals surface area contributed by atoms with Crippen molar-refractivity contribution in [1.29, 1.82) is 5.26 Å². The molecular formula is C14H14ClN5. The van der Waals surface area contributed by atoms with Crippen LogP contribution in [0.15, 0.2) is 30.6 Å². The fraction of sp³-hybridized carbons (Fsp3) is 0.286. The van der Waals surface area contributed by atoms with E-state index in [9.17, 15) is 0 Å². The summed E-state index contributed by atoms with van der Waals surface area (Å²) in [4.78, 5) is 14.5. The smallest absolute Gasteiger partial charge is 0.134 e. The minimum Gasteiger partial charge on any atom is -0.351 e. The van der Waals surface area contributed by atoms with Gasteiger partial charge in [0.2, 0.25) is 0 Å². The lowest BCUT2D eigenvalue weighted by Crippen LogP contribution is -2.25. The number of aryl methyl sites for hydroxylation is 1. The molecule has 0 aromatic carbocycles. The van der Waals surface area contributed by atoms with E-state index >= 15 is 0 Å². The lowest BCUT2D eigenvalue weighted by Gasteiger charge is -2.23. The average Bonchev–Trinajstić information content (AvgIpc) is 2.43. The van der Waals surface area contributed by atoms with Crippen molar-refractivity contribution in [1.82, 2.24) is 15.0 Å². The molecule has 0 fully saturated rings. The summed E-state index contributed by atoms with van der Waals surface area (Å²) in [5.74, 6) is 1.34. The maximum Gasteiger partial charge on any atom is 0.134 e. The van der Waals surface area contributed by atoms with Crippen molar-refractivity contribution in [2.24, 2.45) is 0 Å². The van der Waals surface area contributed by atoms with E-state index in [-0.39, 0.29) is 0 Å². The van der Waals surface area contributed by atoms with Crippen LogP contribution >= 0.6 is 11.6 Å². The van der Waals surface area contributed by atoms with Crippen LogP contribution in [0.4, 0.5) is 5.82 Å². The first-order valence-corrected chi connectivity index (χ1v) is 6.59. The van der Waals surface area contributed by atoms with Crippen molar-refractivity contribution < 1.29 is 0 Å². The summed E-state index contributed by atoms with van der Waals surface area (Å²) in [6.07, 6.45) is 3.95. The third-order valence-electron chi connectivity index (χ3n) is 2.71. The number of hydrogen-bond acceptors (Lipinski definition) is 5. The lowest BCUT2D eigenvalue weighted by atomic mass is 10.2. The number of aromatic nitrogens is 3. The van der Waals surface area contributed by atoms with E-state index in [0.717, 1.165) is 11.4 Å². The highest BCUT2D eigenvalue weighted by Crippen LogP contribution is 2.18. The predicted octanol–water partition coefficient (Wildman–Crippen LogP) is 2.75. The monoisotopic (exact) mass is 287 g/mol. The van der Waals surface area contributed by atoms with E-state index in [1.54, 1.807) is 25.4 Å². The molecule has 102 valence electrons. The molecule has 20 heavy (non-hydrogen) atoms. The van der Waals surface area contributed by atoms with Crippen molar-refractivity contribution >= 4 is 17.4 Å². The number of rotatable bonds is 5. The van der Waals surface area contributed by atoms with Crippen LogP contribution in [0.3, 0.4) is 0 Å². The Morgan fingerprint density at radius 2 is 2.25 bits per heavy atom. The Morgan fingerprint density at radius 3 is 2.90 bits per heavy atom. The van der Waals surface area contributed by atoms with E-state index in [2.05, 4.69) is 21.0 Å². The van der Waals surface area contributed by atoms with Gasteiger partial charge in [0.15, 0.2) is 0 Å². The first kappa shape index (κ1) is 14.2. The molecule has 0 aliphatic heterocycles.